The van der Waals surface area contributed by atoms with Crippen LogP contribution in [0.3, 0.4) is 0 Å². The van der Waals surface area contributed by atoms with Gasteiger partial charge in [0.1, 0.15) is 5.82 Å². The lowest BCUT2D eigenvalue weighted by molar-refractivity contribution is 0.846. The minimum absolute atomic E-state index is 0.264. The Bertz CT molecular complexity index is 399. The van der Waals surface area contributed by atoms with Crippen molar-refractivity contribution in [2.24, 2.45) is 5.11 Å². The first-order valence-corrected chi connectivity index (χ1v) is 6.07. The normalized spacial score (nSPS) is 10.0. The zero-order valence-corrected chi connectivity index (χ0v) is 10.3. The summed E-state index contributed by atoms with van der Waals surface area (Å²) in [7, 11) is 0. The minimum atomic E-state index is 0.264. The maximum atomic E-state index is 8.29. The number of hydrogen-bond acceptors (Lipinski definition) is 5. The third-order valence-electron chi connectivity index (χ3n) is 1.75. The zero-order valence-electron chi connectivity index (χ0n) is 9.51. The summed E-state index contributed by atoms with van der Waals surface area (Å²) in [6.07, 6.45) is 3.61. The molecule has 0 saturated heterocycles. The maximum Gasteiger partial charge on any atom is 0.189 e. The summed E-state index contributed by atoms with van der Waals surface area (Å²) < 4.78 is 0. The van der Waals surface area contributed by atoms with Crippen LogP contribution >= 0.6 is 11.8 Å². The Kier molecular flexibility index (Phi) is 4.88. The van der Waals surface area contributed by atoms with Crippen molar-refractivity contribution in [3.8, 4) is 0 Å². The summed E-state index contributed by atoms with van der Waals surface area (Å²) in [4.78, 5) is 11.2. The Balaban J connectivity index is 3.00. The molecule has 0 aliphatic heterocycles. The number of aromatic nitrogens is 2. The highest BCUT2D eigenvalue weighted by Crippen LogP contribution is 2.18. The predicted molar refractivity (Wildman–Crippen MR) is 65.4 cm³/mol. The maximum absolute atomic E-state index is 8.29. The van der Waals surface area contributed by atoms with Crippen LogP contribution in [0, 0.1) is 0 Å². The fraction of sp³-hybridized carbons (Fsp3) is 0.556. The van der Waals surface area contributed by atoms with E-state index in [1.165, 1.54) is 11.8 Å². The Morgan fingerprint density at radius 3 is 2.94 bits per heavy atom. The van der Waals surface area contributed by atoms with Crippen LogP contribution in [0.2, 0.25) is 0 Å². The molecule has 0 radical (unpaired) electrons. The van der Waals surface area contributed by atoms with Crippen molar-refractivity contribution >= 4 is 17.6 Å². The van der Waals surface area contributed by atoms with Crippen molar-refractivity contribution in [2.45, 2.75) is 31.6 Å². The van der Waals surface area contributed by atoms with Gasteiger partial charge in [-0.3, -0.25) is 0 Å². The number of rotatable bonds is 5. The van der Waals surface area contributed by atoms with Crippen LogP contribution in [0.25, 0.3) is 10.4 Å². The molecule has 1 N–H and O–H groups in total. The van der Waals surface area contributed by atoms with Gasteiger partial charge in [-0.15, -0.1) is 0 Å². The molecular formula is C9H14N6S. The van der Waals surface area contributed by atoms with Crippen LogP contribution in [0.5, 0.6) is 0 Å². The van der Waals surface area contributed by atoms with Crippen LogP contribution in [-0.4, -0.2) is 22.3 Å². The Labute approximate surface area is 98.5 Å². The average molecular weight is 238 g/mol. The molecule has 1 aromatic heterocycles. The number of thioether (sulfide) groups is 1. The van der Waals surface area contributed by atoms with Crippen LogP contribution < -0.4 is 5.32 Å². The quantitative estimate of drug-likeness (QED) is 0.281. The molecule has 0 aliphatic carbocycles. The Morgan fingerprint density at radius 2 is 2.38 bits per heavy atom. The van der Waals surface area contributed by atoms with E-state index in [2.05, 4.69) is 25.3 Å². The molecule has 0 fully saturated rings. The summed E-state index contributed by atoms with van der Waals surface area (Å²) in [6, 6.07) is 0.273. The standard InChI is InChI=1S/C9H14N6S/c1-6(2)13-8-7(5-12-15-10)4-11-9(14-8)16-3/h4,6H,5H2,1-3H3,(H,11,13,14). The third-order valence-corrected chi connectivity index (χ3v) is 2.32. The Morgan fingerprint density at radius 1 is 1.62 bits per heavy atom. The minimum Gasteiger partial charge on any atom is -0.368 e. The van der Waals surface area contributed by atoms with E-state index in [4.69, 9.17) is 5.53 Å². The first-order chi connectivity index (χ1) is 7.67. The highest BCUT2D eigenvalue weighted by Gasteiger charge is 2.07. The van der Waals surface area contributed by atoms with Crippen molar-refractivity contribution in [1.29, 1.82) is 0 Å². The van der Waals surface area contributed by atoms with E-state index in [1.807, 2.05) is 20.1 Å². The second-order valence-corrected chi connectivity index (χ2v) is 4.19. The molecular weight excluding hydrogens is 224 g/mol. The van der Waals surface area contributed by atoms with Crippen LogP contribution in [0.15, 0.2) is 16.5 Å². The lowest BCUT2D eigenvalue weighted by Gasteiger charge is -2.12. The number of azide groups is 1. The number of hydrogen-bond donors (Lipinski definition) is 1. The smallest absolute Gasteiger partial charge is 0.189 e. The number of nitrogens with zero attached hydrogens (tertiary/aromatic N) is 5. The molecule has 1 rings (SSSR count). The highest BCUT2D eigenvalue weighted by atomic mass is 32.2. The lowest BCUT2D eigenvalue weighted by atomic mass is 10.3. The lowest BCUT2D eigenvalue weighted by Crippen LogP contribution is -2.13. The highest BCUT2D eigenvalue weighted by molar-refractivity contribution is 7.98. The molecule has 0 bridgehead atoms. The van der Waals surface area contributed by atoms with E-state index in [-0.39, 0.29) is 12.6 Å². The van der Waals surface area contributed by atoms with Crippen LogP contribution in [-0.2, 0) is 6.54 Å². The third kappa shape index (κ3) is 3.60. The zero-order chi connectivity index (χ0) is 12.0. The van der Waals surface area contributed by atoms with Gasteiger partial charge in [0.15, 0.2) is 5.16 Å². The van der Waals surface area contributed by atoms with E-state index < -0.39 is 0 Å². The van der Waals surface area contributed by atoms with Gasteiger partial charge in [-0.2, -0.15) is 0 Å². The van der Waals surface area contributed by atoms with Gasteiger partial charge >= 0.3 is 0 Å². The van der Waals surface area contributed by atoms with E-state index in [9.17, 15) is 0 Å². The van der Waals surface area contributed by atoms with Gasteiger partial charge in [-0.25, -0.2) is 9.97 Å². The van der Waals surface area contributed by atoms with Gasteiger partial charge in [0.2, 0.25) is 0 Å². The summed E-state index contributed by atoms with van der Waals surface area (Å²) in [5.41, 5.74) is 9.10. The molecule has 0 saturated carbocycles. The fourth-order valence-corrected chi connectivity index (χ4v) is 1.45. The van der Waals surface area contributed by atoms with E-state index in [1.54, 1.807) is 6.20 Å². The molecule has 0 aliphatic rings. The first kappa shape index (κ1) is 12.6. The summed E-state index contributed by atoms with van der Waals surface area (Å²) in [5.74, 6) is 0.738. The predicted octanol–water partition coefficient (Wildman–Crippen LogP) is 2.83. The Hall–Kier alpha value is -1.46. The van der Waals surface area contributed by atoms with Crippen molar-refractivity contribution in [3.05, 3.63) is 22.2 Å². The summed E-state index contributed by atoms with van der Waals surface area (Å²) in [6.45, 7) is 4.32. The van der Waals surface area contributed by atoms with Crippen molar-refractivity contribution < 1.29 is 0 Å². The topological polar surface area (TPSA) is 86.6 Å². The molecule has 16 heavy (non-hydrogen) atoms. The molecule has 0 spiro atoms. The SMILES string of the molecule is CSc1ncc(CN=[N+]=[N-])c(NC(C)C)n1. The van der Waals surface area contributed by atoms with Gasteiger partial charge in [0.05, 0.1) is 6.54 Å². The molecule has 6 nitrogen and oxygen atoms in total. The van der Waals surface area contributed by atoms with E-state index in [0.29, 0.717) is 5.16 Å². The molecule has 7 heteroatoms. The van der Waals surface area contributed by atoms with Gasteiger partial charge in [-0.05, 0) is 25.6 Å². The van der Waals surface area contributed by atoms with Gasteiger partial charge in [0, 0.05) is 22.7 Å². The monoisotopic (exact) mass is 238 g/mol. The number of anilines is 1. The van der Waals surface area contributed by atoms with Crippen LogP contribution in [0.1, 0.15) is 19.4 Å². The number of nitrogens with one attached hydrogen (secondary N) is 1. The summed E-state index contributed by atoms with van der Waals surface area (Å²) >= 11 is 1.48. The largest absolute Gasteiger partial charge is 0.368 e. The molecule has 86 valence electrons. The second kappa shape index (κ2) is 6.19. The fourth-order valence-electron chi connectivity index (χ4n) is 1.11. The molecule has 0 aromatic carbocycles. The van der Waals surface area contributed by atoms with Crippen molar-refractivity contribution in [2.75, 3.05) is 11.6 Å². The molecule has 1 aromatic rings. The first-order valence-electron chi connectivity index (χ1n) is 4.84. The van der Waals surface area contributed by atoms with Gasteiger partial charge < -0.3 is 5.32 Å². The molecule has 0 atom stereocenters. The molecule has 0 amide bonds. The van der Waals surface area contributed by atoms with Crippen molar-refractivity contribution in [1.82, 2.24) is 9.97 Å². The van der Waals surface area contributed by atoms with Crippen molar-refractivity contribution in [3.63, 3.8) is 0 Å². The molecule has 1 heterocycles. The molecule has 0 unspecified atom stereocenters. The summed E-state index contributed by atoms with van der Waals surface area (Å²) in [5, 5.41) is 7.43. The van der Waals surface area contributed by atoms with Gasteiger partial charge in [0.25, 0.3) is 0 Å². The second-order valence-electron chi connectivity index (χ2n) is 3.42. The van der Waals surface area contributed by atoms with Crippen LogP contribution in [0.4, 0.5) is 5.82 Å². The van der Waals surface area contributed by atoms with Gasteiger partial charge in [-0.1, -0.05) is 16.9 Å². The van der Waals surface area contributed by atoms with E-state index in [0.717, 1.165) is 11.4 Å². The van der Waals surface area contributed by atoms with E-state index >= 15 is 0 Å². The average Bonchev–Trinajstić information content (AvgIpc) is 2.26.